The first-order valence-electron chi connectivity index (χ1n) is 5.18. The number of halogens is 1. The molecule has 0 fully saturated rings. The summed E-state index contributed by atoms with van der Waals surface area (Å²) in [5.41, 5.74) is 1.23. The first-order chi connectivity index (χ1) is 7.63. The Labute approximate surface area is 109 Å². The maximum atomic E-state index is 11.1. The first-order valence-corrected chi connectivity index (χ1v) is 6.96. The molecule has 0 amide bonds. The maximum absolute atomic E-state index is 11.1. The lowest BCUT2D eigenvalue weighted by Gasteiger charge is -2.05. The van der Waals surface area contributed by atoms with E-state index in [1.54, 1.807) is 11.8 Å². The summed E-state index contributed by atoms with van der Waals surface area (Å²) in [6.07, 6.45) is 0.466. The normalized spacial score (nSPS) is 10.2. The Morgan fingerprint density at radius 3 is 2.88 bits per heavy atom. The fourth-order valence-electron chi connectivity index (χ4n) is 1.25. The SMILES string of the molecule is CCOC(=O)CCSc1ccc(Br)cc1C. The maximum Gasteiger partial charge on any atom is 0.306 e. The number of ether oxygens (including phenoxy) is 1. The lowest BCUT2D eigenvalue weighted by molar-refractivity contribution is -0.142. The van der Waals surface area contributed by atoms with Crippen LogP contribution in [0.25, 0.3) is 0 Å². The van der Waals surface area contributed by atoms with Crippen molar-refractivity contribution in [1.82, 2.24) is 0 Å². The summed E-state index contributed by atoms with van der Waals surface area (Å²) in [6.45, 7) is 4.35. The van der Waals surface area contributed by atoms with Crippen LogP contribution in [0, 0.1) is 6.92 Å². The number of benzene rings is 1. The second-order valence-corrected chi connectivity index (χ2v) is 5.37. The average molecular weight is 303 g/mol. The van der Waals surface area contributed by atoms with Gasteiger partial charge in [-0.3, -0.25) is 4.79 Å². The summed E-state index contributed by atoms with van der Waals surface area (Å²) < 4.78 is 5.95. The fraction of sp³-hybridized carbons (Fsp3) is 0.417. The molecule has 0 aliphatic rings. The Kier molecular flexibility index (Phi) is 5.91. The van der Waals surface area contributed by atoms with E-state index in [1.807, 2.05) is 13.0 Å². The molecule has 0 bridgehead atoms. The van der Waals surface area contributed by atoms with Crippen molar-refractivity contribution < 1.29 is 9.53 Å². The zero-order valence-electron chi connectivity index (χ0n) is 9.46. The second kappa shape index (κ2) is 6.97. The first kappa shape index (κ1) is 13.6. The topological polar surface area (TPSA) is 26.3 Å². The standard InChI is InChI=1S/C12H15BrO2S/c1-3-15-12(14)6-7-16-11-5-4-10(13)8-9(11)2/h4-5,8H,3,6-7H2,1-2H3. The van der Waals surface area contributed by atoms with Crippen molar-refractivity contribution in [2.45, 2.75) is 25.2 Å². The van der Waals surface area contributed by atoms with E-state index in [0.717, 1.165) is 10.2 Å². The van der Waals surface area contributed by atoms with E-state index in [9.17, 15) is 4.79 Å². The van der Waals surface area contributed by atoms with Gasteiger partial charge in [-0.05, 0) is 37.6 Å². The van der Waals surface area contributed by atoms with Crippen LogP contribution in [0.15, 0.2) is 27.6 Å². The van der Waals surface area contributed by atoms with E-state index in [-0.39, 0.29) is 5.97 Å². The lowest BCUT2D eigenvalue weighted by atomic mass is 10.2. The van der Waals surface area contributed by atoms with Gasteiger partial charge in [-0.1, -0.05) is 15.9 Å². The number of rotatable bonds is 5. The molecule has 1 aromatic carbocycles. The molecule has 0 unspecified atom stereocenters. The third-order valence-corrected chi connectivity index (χ3v) is 3.68. The summed E-state index contributed by atoms with van der Waals surface area (Å²) in [4.78, 5) is 12.3. The van der Waals surface area contributed by atoms with Gasteiger partial charge in [0, 0.05) is 15.1 Å². The van der Waals surface area contributed by atoms with E-state index in [0.29, 0.717) is 13.0 Å². The molecule has 0 aliphatic heterocycles. The number of aryl methyl sites for hydroxylation is 1. The van der Waals surface area contributed by atoms with Gasteiger partial charge in [0.05, 0.1) is 13.0 Å². The molecule has 0 atom stereocenters. The molecule has 0 N–H and O–H groups in total. The van der Waals surface area contributed by atoms with Crippen LogP contribution < -0.4 is 0 Å². The predicted molar refractivity (Wildman–Crippen MR) is 70.9 cm³/mol. The van der Waals surface area contributed by atoms with Crippen molar-refractivity contribution in [2.75, 3.05) is 12.4 Å². The summed E-state index contributed by atoms with van der Waals surface area (Å²) in [6, 6.07) is 6.15. The van der Waals surface area contributed by atoms with Crippen LogP contribution in [0.2, 0.25) is 0 Å². The van der Waals surface area contributed by atoms with E-state index < -0.39 is 0 Å². The highest BCUT2D eigenvalue weighted by molar-refractivity contribution is 9.10. The molecule has 0 saturated carbocycles. The number of hydrogen-bond donors (Lipinski definition) is 0. The van der Waals surface area contributed by atoms with Crippen molar-refractivity contribution in [1.29, 1.82) is 0 Å². The summed E-state index contributed by atoms with van der Waals surface area (Å²) >= 11 is 5.11. The molecule has 0 aromatic heterocycles. The molecule has 88 valence electrons. The highest BCUT2D eigenvalue weighted by Crippen LogP contribution is 2.25. The number of carbonyl (C=O) groups is 1. The second-order valence-electron chi connectivity index (χ2n) is 3.31. The van der Waals surface area contributed by atoms with Gasteiger partial charge in [0.2, 0.25) is 0 Å². The van der Waals surface area contributed by atoms with Gasteiger partial charge in [-0.25, -0.2) is 0 Å². The van der Waals surface area contributed by atoms with Gasteiger partial charge < -0.3 is 4.74 Å². The zero-order valence-corrected chi connectivity index (χ0v) is 11.9. The number of thioether (sulfide) groups is 1. The lowest BCUT2D eigenvalue weighted by Crippen LogP contribution is -2.04. The molecular weight excluding hydrogens is 288 g/mol. The third kappa shape index (κ3) is 4.58. The van der Waals surface area contributed by atoms with Gasteiger partial charge in [-0.15, -0.1) is 11.8 Å². The fourth-order valence-corrected chi connectivity index (χ4v) is 2.67. The third-order valence-electron chi connectivity index (χ3n) is 2.01. The smallest absolute Gasteiger partial charge is 0.306 e. The van der Waals surface area contributed by atoms with E-state index >= 15 is 0 Å². The predicted octanol–water partition coefficient (Wildman–Crippen LogP) is 3.80. The Balaban J connectivity index is 2.40. The summed E-state index contributed by atoms with van der Waals surface area (Å²) in [5.74, 6) is 0.645. The van der Waals surface area contributed by atoms with E-state index in [1.165, 1.54) is 10.5 Å². The molecule has 1 aromatic rings. The van der Waals surface area contributed by atoms with Gasteiger partial charge in [0.15, 0.2) is 0 Å². The van der Waals surface area contributed by atoms with Crippen LogP contribution in [0.5, 0.6) is 0 Å². The number of carbonyl (C=O) groups excluding carboxylic acids is 1. The summed E-state index contributed by atoms with van der Waals surface area (Å²) in [7, 11) is 0. The molecule has 0 saturated heterocycles. The van der Waals surface area contributed by atoms with E-state index in [4.69, 9.17) is 4.74 Å². The van der Waals surface area contributed by atoms with Crippen LogP contribution in [-0.4, -0.2) is 18.3 Å². The quantitative estimate of drug-likeness (QED) is 0.611. The Hall–Kier alpha value is -0.480. The van der Waals surface area contributed by atoms with E-state index in [2.05, 4.69) is 35.0 Å². The molecule has 16 heavy (non-hydrogen) atoms. The van der Waals surface area contributed by atoms with Crippen molar-refractivity contribution >= 4 is 33.7 Å². The average Bonchev–Trinajstić information content (AvgIpc) is 2.22. The highest BCUT2D eigenvalue weighted by Gasteiger charge is 2.04. The van der Waals surface area contributed by atoms with Crippen molar-refractivity contribution in [3.05, 3.63) is 28.2 Å². The Bertz CT molecular complexity index is 366. The molecule has 0 spiro atoms. The van der Waals surface area contributed by atoms with Crippen LogP contribution in [0.3, 0.4) is 0 Å². The molecule has 0 heterocycles. The zero-order chi connectivity index (χ0) is 12.0. The van der Waals surface area contributed by atoms with Gasteiger partial charge in [0.25, 0.3) is 0 Å². The van der Waals surface area contributed by atoms with Crippen LogP contribution in [0.4, 0.5) is 0 Å². The minimum Gasteiger partial charge on any atom is -0.466 e. The molecule has 1 rings (SSSR count). The molecule has 4 heteroatoms. The van der Waals surface area contributed by atoms with Crippen molar-refractivity contribution in [3.8, 4) is 0 Å². The van der Waals surface area contributed by atoms with Crippen LogP contribution in [-0.2, 0) is 9.53 Å². The molecule has 2 nitrogen and oxygen atoms in total. The number of hydrogen-bond acceptors (Lipinski definition) is 3. The van der Waals surface area contributed by atoms with Gasteiger partial charge >= 0.3 is 5.97 Å². The minimum absolute atomic E-state index is 0.121. The Morgan fingerprint density at radius 2 is 2.25 bits per heavy atom. The minimum atomic E-state index is -0.121. The van der Waals surface area contributed by atoms with Gasteiger partial charge in [-0.2, -0.15) is 0 Å². The van der Waals surface area contributed by atoms with Gasteiger partial charge in [0.1, 0.15) is 0 Å². The van der Waals surface area contributed by atoms with Crippen LogP contribution in [0.1, 0.15) is 18.9 Å². The molecular formula is C12H15BrO2S. The van der Waals surface area contributed by atoms with Crippen molar-refractivity contribution in [2.24, 2.45) is 0 Å². The highest BCUT2D eigenvalue weighted by atomic mass is 79.9. The Morgan fingerprint density at radius 1 is 1.50 bits per heavy atom. The summed E-state index contributed by atoms with van der Waals surface area (Å²) in [5, 5.41) is 0. The molecule has 0 radical (unpaired) electrons. The number of esters is 1. The monoisotopic (exact) mass is 302 g/mol. The van der Waals surface area contributed by atoms with Crippen molar-refractivity contribution in [3.63, 3.8) is 0 Å². The largest absolute Gasteiger partial charge is 0.466 e. The van der Waals surface area contributed by atoms with Crippen LogP contribution >= 0.6 is 27.7 Å². The molecule has 0 aliphatic carbocycles.